The summed E-state index contributed by atoms with van der Waals surface area (Å²) in [6, 6.07) is 0.761. The van der Waals surface area contributed by atoms with Gasteiger partial charge in [-0.2, -0.15) is 0 Å². The molecule has 0 bridgehead atoms. The normalized spacial score (nSPS) is 24.0. The molecule has 15 heavy (non-hydrogen) atoms. The summed E-state index contributed by atoms with van der Waals surface area (Å²) in [5, 5.41) is 3.42. The van der Waals surface area contributed by atoms with Crippen LogP contribution in [0.4, 0.5) is 0 Å². The van der Waals surface area contributed by atoms with Gasteiger partial charge in [-0.3, -0.25) is 0 Å². The number of nitrogens with one attached hydrogen (secondary N) is 1. The van der Waals surface area contributed by atoms with Crippen molar-refractivity contribution in [3.05, 3.63) is 18.2 Å². The predicted octanol–water partition coefficient (Wildman–Crippen LogP) is 2.08. The molecule has 3 heteroatoms. The summed E-state index contributed by atoms with van der Waals surface area (Å²) < 4.78 is 2.44. The average molecular weight is 205 g/mol. The Morgan fingerprint density at radius 1 is 1.20 bits per heavy atom. The molecule has 1 saturated carbocycles. The Balaban J connectivity index is 1.80. The Hall–Kier alpha value is -0.830. The molecule has 2 aliphatic rings. The highest BCUT2D eigenvalue weighted by molar-refractivity contribution is 5.10. The summed E-state index contributed by atoms with van der Waals surface area (Å²) >= 11 is 0. The highest BCUT2D eigenvalue weighted by Gasteiger charge is 2.25. The molecule has 1 aromatic rings. The van der Waals surface area contributed by atoms with Gasteiger partial charge in [0.2, 0.25) is 0 Å². The van der Waals surface area contributed by atoms with Crippen molar-refractivity contribution in [2.45, 2.75) is 44.1 Å². The van der Waals surface area contributed by atoms with Crippen LogP contribution in [0.3, 0.4) is 0 Å². The predicted molar refractivity (Wildman–Crippen MR) is 60.0 cm³/mol. The maximum atomic E-state index is 4.34. The van der Waals surface area contributed by atoms with Crippen molar-refractivity contribution in [2.75, 3.05) is 13.1 Å². The summed E-state index contributed by atoms with van der Waals surface area (Å²) in [5.41, 5.74) is 1.49. The van der Waals surface area contributed by atoms with Gasteiger partial charge in [-0.05, 0) is 45.2 Å². The number of imidazole rings is 1. The minimum Gasteiger partial charge on any atom is -0.331 e. The molecule has 1 aliphatic heterocycles. The van der Waals surface area contributed by atoms with Crippen LogP contribution >= 0.6 is 0 Å². The summed E-state index contributed by atoms with van der Waals surface area (Å²) in [5.74, 6) is 0.745. The fraction of sp³-hybridized carbons (Fsp3) is 0.750. The second-order valence-electron chi connectivity index (χ2n) is 4.83. The van der Waals surface area contributed by atoms with Gasteiger partial charge in [0, 0.05) is 23.9 Å². The van der Waals surface area contributed by atoms with Crippen molar-refractivity contribution < 1.29 is 0 Å². The van der Waals surface area contributed by atoms with Gasteiger partial charge in [0.15, 0.2) is 0 Å². The first-order chi connectivity index (χ1) is 7.45. The molecule has 3 rings (SSSR count). The number of hydrogen-bond donors (Lipinski definition) is 1. The molecule has 2 fully saturated rings. The lowest BCUT2D eigenvalue weighted by Crippen LogP contribution is -2.29. The third kappa shape index (κ3) is 1.69. The molecule has 1 aliphatic carbocycles. The number of rotatable bonds is 2. The van der Waals surface area contributed by atoms with E-state index in [0.717, 1.165) is 12.0 Å². The van der Waals surface area contributed by atoms with E-state index < -0.39 is 0 Å². The minimum atomic E-state index is 0.745. The fourth-order valence-electron chi connectivity index (χ4n) is 2.72. The van der Waals surface area contributed by atoms with E-state index in [2.05, 4.69) is 21.1 Å². The van der Waals surface area contributed by atoms with Crippen LogP contribution < -0.4 is 5.32 Å². The van der Waals surface area contributed by atoms with E-state index in [1.54, 1.807) is 0 Å². The molecule has 0 unspecified atom stereocenters. The Labute approximate surface area is 90.9 Å². The van der Waals surface area contributed by atoms with E-state index in [1.807, 2.05) is 6.33 Å². The lowest BCUT2D eigenvalue weighted by atomic mass is 9.90. The highest BCUT2D eigenvalue weighted by atomic mass is 15.1. The van der Waals surface area contributed by atoms with Crippen molar-refractivity contribution in [3.8, 4) is 0 Å². The second kappa shape index (κ2) is 3.97. The maximum absolute atomic E-state index is 4.34. The van der Waals surface area contributed by atoms with Crippen LogP contribution in [0.2, 0.25) is 0 Å². The quantitative estimate of drug-likeness (QED) is 0.801. The first kappa shape index (κ1) is 9.40. The Morgan fingerprint density at radius 2 is 2.00 bits per heavy atom. The largest absolute Gasteiger partial charge is 0.331 e. The second-order valence-corrected chi connectivity index (χ2v) is 4.83. The van der Waals surface area contributed by atoms with Gasteiger partial charge in [0.1, 0.15) is 0 Å². The van der Waals surface area contributed by atoms with Crippen LogP contribution in [0.1, 0.15) is 49.8 Å². The third-order valence-corrected chi connectivity index (χ3v) is 3.92. The van der Waals surface area contributed by atoms with E-state index in [4.69, 9.17) is 0 Å². The monoisotopic (exact) mass is 205 g/mol. The van der Waals surface area contributed by atoms with E-state index in [1.165, 1.54) is 50.9 Å². The van der Waals surface area contributed by atoms with Crippen LogP contribution in [0.15, 0.2) is 12.5 Å². The van der Waals surface area contributed by atoms with E-state index >= 15 is 0 Å². The van der Waals surface area contributed by atoms with Gasteiger partial charge in [0.05, 0.1) is 6.33 Å². The van der Waals surface area contributed by atoms with Crippen molar-refractivity contribution in [1.29, 1.82) is 0 Å². The van der Waals surface area contributed by atoms with Gasteiger partial charge in [-0.15, -0.1) is 0 Å². The summed E-state index contributed by atoms with van der Waals surface area (Å²) in [6.45, 7) is 2.33. The first-order valence-corrected chi connectivity index (χ1v) is 6.17. The maximum Gasteiger partial charge on any atom is 0.0950 e. The van der Waals surface area contributed by atoms with Crippen molar-refractivity contribution in [2.24, 2.45) is 0 Å². The molecule has 0 radical (unpaired) electrons. The van der Waals surface area contributed by atoms with E-state index in [-0.39, 0.29) is 0 Å². The van der Waals surface area contributed by atoms with E-state index in [9.17, 15) is 0 Å². The van der Waals surface area contributed by atoms with Crippen molar-refractivity contribution >= 4 is 0 Å². The zero-order valence-electron chi connectivity index (χ0n) is 9.15. The number of piperidine rings is 1. The van der Waals surface area contributed by atoms with Gasteiger partial charge >= 0.3 is 0 Å². The summed E-state index contributed by atoms with van der Waals surface area (Å²) in [7, 11) is 0. The Morgan fingerprint density at radius 3 is 2.67 bits per heavy atom. The summed E-state index contributed by atoms with van der Waals surface area (Å²) in [6.07, 6.45) is 10.8. The van der Waals surface area contributed by atoms with Gasteiger partial charge in [-0.25, -0.2) is 4.98 Å². The number of hydrogen-bond acceptors (Lipinski definition) is 2. The lowest BCUT2D eigenvalue weighted by Gasteiger charge is -2.31. The van der Waals surface area contributed by atoms with Crippen molar-refractivity contribution in [1.82, 2.24) is 14.9 Å². The molecule has 2 heterocycles. The van der Waals surface area contributed by atoms with Gasteiger partial charge in [0.25, 0.3) is 0 Å². The molecule has 0 atom stereocenters. The van der Waals surface area contributed by atoms with Crippen LogP contribution in [0.25, 0.3) is 0 Å². The zero-order valence-corrected chi connectivity index (χ0v) is 9.15. The van der Waals surface area contributed by atoms with Gasteiger partial charge < -0.3 is 9.88 Å². The highest BCUT2D eigenvalue weighted by Crippen LogP contribution is 2.35. The minimum absolute atomic E-state index is 0.745. The van der Waals surface area contributed by atoms with Crippen LogP contribution in [-0.4, -0.2) is 22.6 Å². The molecule has 3 nitrogen and oxygen atoms in total. The first-order valence-electron chi connectivity index (χ1n) is 6.17. The molecular weight excluding hydrogens is 186 g/mol. The molecule has 1 aromatic heterocycles. The van der Waals surface area contributed by atoms with Crippen LogP contribution in [0, 0.1) is 0 Å². The smallest absolute Gasteiger partial charge is 0.0950 e. The number of aromatic nitrogens is 2. The average Bonchev–Trinajstić information content (AvgIpc) is 2.65. The Kier molecular flexibility index (Phi) is 2.49. The standard InChI is InChI=1S/C12H19N3/c1-2-11(3-1)15-9-14-8-12(15)10-4-6-13-7-5-10/h8-11,13H,1-7H2. The SMILES string of the molecule is c1ncn(C2CCC2)c1C1CCNCC1. The molecule has 0 aromatic carbocycles. The fourth-order valence-corrected chi connectivity index (χ4v) is 2.72. The van der Waals surface area contributed by atoms with Crippen LogP contribution in [0.5, 0.6) is 0 Å². The van der Waals surface area contributed by atoms with E-state index in [0.29, 0.717) is 0 Å². The number of nitrogens with zero attached hydrogens (tertiary/aromatic N) is 2. The van der Waals surface area contributed by atoms with Crippen LogP contribution in [-0.2, 0) is 0 Å². The molecular formula is C12H19N3. The Bertz CT molecular complexity index is 321. The lowest BCUT2D eigenvalue weighted by molar-refractivity contribution is 0.297. The van der Waals surface area contributed by atoms with Crippen molar-refractivity contribution in [3.63, 3.8) is 0 Å². The van der Waals surface area contributed by atoms with Gasteiger partial charge in [-0.1, -0.05) is 0 Å². The summed E-state index contributed by atoms with van der Waals surface area (Å²) in [4.78, 5) is 4.34. The zero-order chi connectivity index (χ0) is 10.1. The molecule has 0 amide bonds. The third-order valence-electron chi connectivity index (χ3n) is 3.92. The molecule has 0 spiro atoms. The topological polar surface area (TPSA) is 29.9 Å². The molecule has 1 saturated heterocycles. The molecule has 82 valence electrons. The molecule has 1 N–H and O–H groups in total.